The minimum atomic E-state index is -0.825. The Morgan fingerprint density at radius 2 is 1.55 bits per heavy atom. The van der Waals surface area contributed by atoms with Crippen molar-refractivity contribution in [2.45, 2.75) is 13.0 Å². The van der Waals surface area contributed by atoms with Gasteiger partial charge >= 0.3 is 5.97 Å². The second-order valence-corrected chi connectivity index (χ2v) is 5.47. The highest BCUT2D eigenvalue weighted by atomic mass is 16.4. The number of benzene rings is 1. The van der Waals surface area contributed by atoms with E-state index in [-0.39, 0.29) is 31.5 Å². The predicted molar refractivity (Wildman–Crippen MR) is 74.2 cm³/mol. The number of nitrogens with zero attached hydrogens (tertiary/aromatic N) is 1. The van der Waals surface area contributed by atoms with Crippen LogP contribution in [0.25, 0.3) is 0 Å². The molecule has 2 atom stereocenters. The Labute approximate surface area is 118 Å². The number of hydrogen-bond acceptors (Lipinski definition) is 4. The Kier molecular flexibility index (Phi) is 5.11. The van der Waals surface area contributed by atoms with Crippen LogP contribution in [-0.4, -0.2) is 52.5 Å². The molecule has 1 fully saturated rings. The van der Waals surface area contributed by atoms with Crippen LogP contribution >= 0.6 is 0 Å². The molecule has 3 N–H and O–H groups in total. The molecule has 1 aromatic carbocycles. The van der Waals surface area contributed by atoms with Crippen molar-refractivity contribution >= 4 is 5.97 Å². The van der Waals surface area contributed by atoms with Crippen molar-refractivity contribution in [2.75, 3.05) is 26.3 Å². The highest BCUT2D eigenvalue weighted by Crippen LogP contribution is 2.24. The van der Waals surface area contributed by atoms with E-state index >= 15 is 0 Å². The molecule has 1 aliphatic rings. The van der Waals surface area contributed by atoms with E-state index in [0.29, 0.717) is 0 Å². The van der Waals surface area contributed by atoms with Crippen LogP contribution in [-0.2, 0) is 17.8 Å². The van der Waals surface area contributed by atoms with Crippen LogP contribution in [0, 0.1) is 11.8 Å². The van der Waals surface area contributed by atoms with Crippen LogP contribution in [0.5, 0.6) is 0 Å². The van der Waals surface area contributed by atoms with Gasteiger partial charge in [-0.2, -0.15) is 0 Å². The van der Waals surface area contributed by atoms with Crippen molar-refractivity contribution < 1.29 is 20.1 Å². The molecule has 0 bridgehead atoms. The molecule has 110 valence electrons. The van der Waals surface area contributed by atoms with Crippen molar-refractivity contribution in [1.82, 2.24) is 4.90 Å². The summed E-state index contributed by atoms with van der Waals surface area (Å²) in [6, 6.07) is 7.57. The summed E-state index contributed by atoms with van der Waals surface area (Å²) < 4.78 is 0. The Balaban J connectivity index is 1.92. The summed E-state index contributed by atoms with van der Waals surface area (Å²) >= 11 is 0. The van der Waals surface area contributed by atoms with Crippen molar-refractivity contribution in [3.05, 3.63) is 35.4 Å². The molecule has 0 radical (unpaired) electrons. The molecule has 0 saturated carbocycles. The molecule has 0 spiro atoms. The van der Waals surface area contributed by atoms with Crippen LogP contribution in [0.2, 0.25) is 0 Å². The van der Waals surface area contributed by atoms with E-state index in [1.807, 2.05) is 24.3 Å². The normalized spacial score (nSPS) is 23.1. The topological polar surface area (TPSA) is 81.0 Å². The first-order valence-corrected chi connectivity index (χ1v) is 6.86. The molecule has 0 aliphatic carbocycles. The third-order valence-corrected chi connectivity index (χ3v) is 3.91. The lowest BCUT2D eigenvalue weighted by Crippen LogP contribution is -2.21. The minimum absolute atomic E-state index is 0.0448. The summed E-state index contributed by atoms with van der Waals surface area (Å²) in [5.74, 6) is -0.536. The third-order valence-electron chi connectivity index (χ3n) is 3.91. The highest BCUT2D eigenvalue weighted by molar-refractivity contribution is 5.70. The van der Waals surface area contributed by atoms with Crippen LogP contribution in [0.4, 0.5) is 0 Å². The van der Waals surface area contributed by atoms with E-state index in [4.69, 9.17) is 5.11 Å². The molecular weight excluding hydrogens is 258 g/mol. The number of likely N-dealkylation sites (tertiary alicyclic amines) is 1. The molecule has 0 aromatic heterocycles. The molecule has 0 amide bonds. The number of rotatable bonds is 6. The summed E-state index contributed by atoms with van der Waals surface area (Å²) in [6.07, 6.45) is 0.0448. The number of aliphatic hydroxyl groups is 2. The van der Waals surface area contributed by atoms with Crippen LogP contribution < -0.4 is 0 Å². The predicted octanol–water partition coefficient (Wildman–Crippen LogP) is 0.346. The van der Waals surface area contributed by atoms with Crippen LogP contribution in [0.1, 0.15) is 11.1 Å². The highest BCUT2D eigenvalue weighted by Gasteiger charge is 2.31. The standard InChI is InChI=1S/C15H21NO4/c17-9-13-7-16(8-14(13)10-18)6-12-3-1-11(2-4-12)5-15(19)20/h1-4,13-14,17-18H,5-10H2,(H,19,20)/t13-,14-/m0/s1. The zero-order valence-electron chi connectivity index (χ0n) is 11.4. The van der Waals surface area contributed by atoms with Gasteiger partial charge in [-0.05, 0) is 11.1 Å². The van der Waals surface area contributed by atoms with Gasteiger partial charge in [-0.25, -0.2) is 0 Å². The SMILES string of the molecule is O=C(O)Cc1ccc(CN2C[C@@H](CO)[C@H](CO)C2)cc1. The maximum absolute atomic E-state index is 10.6. The van der Waals surface area contributed by atoms with Gasteiger partial charge in [0.2, 0.25) is 0 Å². The van der Waals surface area contributed by atoms with Gasteiger partial charge in [0.1, 0.15) is 0 Å². The van der Waals surface area contributed by atoms with Crippen molar-refractivity contribution in [1.29, 1.82) is 0 Å². The maximum Gasteiger partial charge on any atom is 0.307 e. The molecule has 0 unspecified atom stereocenters. The number of carboxylic acid groups (broad SMARTS) is 1. The summed E-state index contributed by atoms with van der Waals surface area (Å²) in [7, 11) is 0. The fraction of sp³-hybridized carbons (Fsp3) is 0.533. The molecule has 20 heavy (non-hydrogen) atoms. The fourth-order valence-corrected chi connectivity index (χ4v) is 2.77. The fourth-order valence-electron chi connectivity index (χ4n) is 2.77. The van der Waals surface area contributed by atoms with E-state index in [1.54, 1.807) is 0 Å². The summed E-state index contributed by atoms with van der Waals surface area (Å²) in [5, 5.41) is 27.3. The largest absolute Gasteiger partial charge is 0.481 e. The number of aliphatic carboxylic acids is 1. The molecule has 2 rings (SSSR count). The van der Waals surface area contributed by atoms with Crippen LogP contribution in [0.3, 0.4) is 0 Å². The summed E-state index contributed by atoms with van der Waals surface area (Å²) in [4.78, 5) is 12.8. The molecule has 5 nitrogen and oxygen atoms in total. The van der Waals surface area contributed by atoms with Gasteiger partial charge in [-0.1, -0.05) is 24.3 Å². The molecule has 1 aromatic rings. The molecule has 1 aliphatic heterocycles. The van der Waals surface area contributed by atoms with Crippen molar-refractivity contribution in [2.24, 2.45) is 11.8 Å². The quantitative estimate of drug-likeness (QED) is 0.700. The van der Waals surface area contributed by atoms with E-state index < -0.39 is 5.97 Å². The lowest BCUT2D eigenvalue weighted by atomic mass is 9.98. The third kappa shape index (κ3) is 3.79. The monoisotopic (exact) mass is 279 g/mol. The molecule has 1 heterocycles. The lowest BCUT2D eigenvalue weighted by molar-refractivity contribution is -0.136. The number of carbonyl (C=O) groups is 1. The van der Waals surface area contributed by atoms with Gasteiger partial charge in [0.15, 0.2) is 0 Å². The first kappa shape index (κ1) is 15.0. The van der Waals surface area contributed by atoms with Gasteiger partial charge in [-0.15, -0.1) is 0 Å². The van der Waals surface area contributed by atoms with Crippen molar-refractivity contribution in [3.63, 3.8) is 0 Å². The second-order valence-electron chi connectivity index (χ2n) is 5.47. The Hall–Kier alpha value is -1.43. The number of aliphatic hydroxyl groups excluding tert-OH is 2. The summed E-state index contributed by atoms with van der Waals surface area (Å²) in [5.41, 5.74) is 1.92. The Bertz CT molecular complexity index is 434. The van der Waals surface area contributed by atoms with Gasteiger partial charge in [0, 0.05) is 44.7 Å². The lowest BCUT2D eigenvalue weighted by Gasteiger charge is -2.15. The maximum atomic E-state index is 10.6. The Morgan fingerprint density at radius 1 is 1.05 bits per heavy atom. The van der Waals surface area contributed by atoms with Crippen molar-refractivity contribution in [3.8, 4) is 0 Å². The zero-order chi connectivity index (χ0) is 14.5. The Morgan fingerprint density at radius 3 is 2.00 bits per heavy atom. The molecule has 5 heteroatoms. The average molecular weight is 279 g/mol. The smallest absolute Gasteiger partial charge is 0.307 e. The molecule has 1 saturated heterocycles. The molecular formula is C15H21NO4. The number of hydrogen-bond donors (Lipinski definition) is 3. The summed E-state index contributed by atoms with van der Waals surface area (Å²) in [6.45, 7) is 2.57. The minimum Gasteiger partial charge on any atom is -0.481 e. The first-order chi connectivity index (χ1) is 9.62. The first-order valence-electron chi connectivity index (χ1n) is 6.86. The van der Waals surface area contributed by atoms with E-state index in [0.717, 1.165) is 30.8 Å². The second kappa shape index (κ2) is 6.83. The van der Waals surface area contributed by atoms with Gasteiger partial charge in [0.05, 0.1) is 6.42 Å². The van der Waals surface area contributed by atoms with Gasteiger partial charge in [-0.3, -0.25) is 9.69 Å². The van der Waals surface area contributed by atoms with Gasteiger partial charge < -0.3 is 15.3 Å². The average Bonchev–Trinajstić information content (AvgIpc) is 2.82. The van der Waals surface area contributed by atoms with E-state index in [2.05, 4.69) is 4.90 Å². The zero-order valence-corrected chi connectivity index (χ0v) is 11.4. The van der Waals surface area contributed by atoms with E-state index in [9.17, 15) is 15.0 Å². The van der Waals surface area contributed by atoms with E-state index in [1.165, 1.54) is 0 Å². The number of carboxylic acids is 1. The van der Waals surface area contributed by atoms with Gasteiger partial charge in [0.25, 0.3) is 0 Å². The van der Waals surface area contributed by atoms with Crippen LogP contribution in [0.15, 0.2) is 24.3 Å².